The molecule has 0 aromatic carbocycles. The summed E-state index contributed by atoms with van der Waals surface area (Å²) in [4.78, 5) is 1.34. The quantitative estimate of drug-likeness (QED) is 0.555. The molecule has 0 aliphatic carbocycles. The van der Waals surface area contributed by atoms with Gasteiger partial charge in [0, 0.05) is 0 Å². The van der Waals surface area contributed by atoms with Crippen LogP contribution in [0.1, 0.15) is 14.9 Å². The number of rotatable bonds is 1. The molecule has 13 heteroatoms. The number of alkyl halides is 11. The van der Waals surface area contributed by atoms with E-state index >= 15 is 0 Å². The molecule has 0 aliphatic heterocycles. The summed E-state index contributed by atoms with van der Waals surface area (Å²) in [5, 5.41) is 0. The summed E-state index contributed by atoms with van der Waals surface area (Å²) in [6, 6.07) is 0. The van der Waals surface area contributed by atoms with Crippen LogP contribution < -0.4 is 0 Å². The third-order valence-electron chi connectivity index (χ3n) is 0.578. The summed E-state index contributed by atoms with van der Waals surface area (Å²) >= 11 is 0. The molecule has 0 bridgehead atoms. The second-order valence-electron chi connectivity index (χ2n) is 1.94. The predicted molar refractivity (Wildman–Crippen MR) is 45.8 cm³/mol. The first kappa shape index (κ1) is 31.5. The van der Waals surface area contributed by atoms with E-state index in [1.807, 2.05) is 0 Å². The van der Waals surface area contributed by atoms with Gasteiger partial charge in [-0.3, -0.25) is 0 Å². The Hall–Kier alpha value is -0.880. The van der Waals surface area contributed by atoms with Gasteiger partial charge in [0.05, 0.1) is 0 Å². The molecule has 0 aromatic rings. The van der Waals surface area contributed by atoms with E-state index in [1.54, 1.807) is 0 Å². The molecule has 0 N–H and O–H groups in total. The van der Waals surface area contributed by atoms with E-state index in [-0.39, 0.29) is 14.9 Å². The van der Waals surface area contributed by atoms with Crippen molar-refractivity contribution < 1.29 is 57.8 Å². The Balaban J connectivity index is -0.0000000601. The Morgan fingerprint density at radius 1 is 0.700 bits per heavy atom. The second-order valence-corrected chi connectivity index (χ2v) is 1.94. The molecule has 0 radical (unpaired) electrons. The molecule has 0 unspecified atom stereocenters. The monoisotopic (exact) mass is 340 g/mol. The summed E-state index contributed by atoms with van der Waals surface area (Å²) in [6.07, 6.45) is -16.3. The molecule has 0 aliphatic rings. The Kier molecular flexibility index (Phi) is 20.7. The molecule has 0 rings (SSSR count). The van der Waals surface area contributed by atoms with Gasteiger partial charge in [-0.2, -0.15) is 35.1 Å². The fourth-order valence-electron chi connectivity index (χ4n) is 0.0437. The Morgan fingerprint density at radius 2 is 0.900 bits per heavy atom. The van der Waals surface area contributed by atoms with Crippen molar-refractivity contribution in [3.05, 3.63) is 0 Å². The molecule has 0 atom stereocenters. The maximum Gasteiger partial charge on any atom is 0.485 e. The normalized spacial score (nSPS) is 10.8. The van der Waals surface area contributed by atoms with Gasteiger partial charge in [0.15, 0.2) is 6.67 Å². The van der Waals surface area contributed by atoms with Gasteiger partial charge in [0.2, 0.25) is 6.93 Å². The lowest BCUT2D eigenvalue weighted by Crippen LogP contribution is -2.36. The molecule has 0 aromatic heterocycles. The standard InChI is InChI=1S/C2F6O.C2H2F4.CH2F2.2CH4/c3-1(4,5)2(6,7)9-8;3-1-2(4,5)6;2-1-3;;/h;1H2;1H2;2*1H4. The van der Waals surface area contributed by atoms with Gasteiger partial charge >= 0.3 is 18.5 Å². The van der Waals surface area contributed by atoms with Gasteiger partial charge < -0.3 is 0 Å². The Labute approximate surface area is 106 Å². The lowest BCUT2D eigenvalue weighted by Gasteiger charge is -2.12. The van der Waals surface area contributed by atoms with E-state index < -0.39 is 32.1 Å². The number of hydrogen-bond acceptors (Lipinski definition) is 1. The molecular weight excluding hydrogens is 328 g/mol. The first-order valence-electron chi connectivity index (χ1n) is 3.28. The van der Waals surface area contributed by atoms with Crippen LogP contribution in [0.2, 0.25) is 0 Å². The predicted octanol–water partition coefficient (Wildman–Crippen LogP) is 5.72. The molecule has 0 heterocycles. The van der Waals surface area contributed by atoms with E-state index in [2.05, 4.69) is 0 Å². The minimum Gasteiger partial charge on any atom is -0.241 e. The van der Waals surface area contributed by atoms with Crippen molar-refractivity contribution in [2.45, 2.75) is 33.3 Å². The summed E-state index contributed by atoms with van der Waals surface area (Å²) in [7, 11) is 0. The molecule has 0 spiro atoms. The van der Waals surface area contributed by atoms with Gasteiger partial charge in [0.25, 0.3) is 0 Å². The maximum absolute atomic E-state index is 10.9. The average Bonchev–Trinajstić information content (AvgIpc) is 2.17. The fraction of sp³-hybridized carbons (Fsp3) is 1.00. The van der Waals surface area contributed by atoms with Crippen molar-refractivity contribution in [1.29, 1.82) is 0 Å². The van der Waals surface area contributed by atoms with Crippen molar-refractivity contribution in [3.63, 3.8) is 0 Å². The van der Waals surface area contributed by atoms with E-state index in [0.717, 1.165) is 0 Å². The fourth-order valence-corrected chi connectivity index (χ4v) is 0.0437. The van der Waals surface area contributed by atoms with Crippen LogP contribution in [0.15, 0.2) is 0 Å². The van der Waals surface area contributed by atoms with Gasteiger partial charge in [-0.25, -0.2) is 13.2 Å². The van der Waals surface area contributed by atoms with Crippen molar-refractivity contribution in [2.24, 2.45) is 0 Å². The summed E-state index contributed by atoms with van der Waals surface area (Å²) in [6.45, 7) is -3.98. The molecule has 0 saturated carbocycles. The van der Waals surface area contributed by atoms with Crippen molar-refractivity contribution in [1.82, 2.24) is 0 Å². The van der Waals surface area contributed by atoms with Crippen LogP contribution in [0.4, 0.5) is 52.8 Å². The van der Waals surface area contributed by atoms with Gasteiger partial charge in [-0.15, -0.1) is 4.94 Å². The van der Waals surface area contributed by atoms with Crippen LogP contribution >= 0.6 is 0 Å². The first-order chi connectivity index (χ1) is 7.79. The average molecular weight is 340 g/mol. The summed E-state index contributed by atoms with van der Waals surface area (Å²) in [5.41, 5.74) is 0. The van der Waals surface area contributed by atoms with Gasteiger partial charge in [0.1, 0.15) is 0 Å². The summed E-state index contributed by atoms with van der Waals surface area (Å²) in [5.74, 6) is 0. The summed E-state index contributed by atoms with van der Waals surface area (Å²) < 4.78 is 125. The zero-order valence-corrected chi connectivity index (χ0v) is 7.86. The zero-order valence-electron chi connectivity index (χ0n) is 7.86. The molecule has 130 valence electrons. The lowest BCUT2D eigenvalue weighted by atomic mass is 10.6. The van der Waals surface area contributed by atoms with Crippen molar-refractivity contribution in [2.75, 3.05) is 13.6 Å². The third-order valence-corrected chi connectivity index (χ3v) is 0.578. The smallest absolute Gasteiger partial charge is 0.241 e. The molecule has 0 saturated heterocycles. The van der Waals surface area contributed by atoms with Crippen LogP contribution in [0, 0.1) is 0 Å². The van der Waals surface area contributed by atoms with Crippen LogP contribution in [0.5, 0.6) is 0 Å². The third kappa shape index (κ3) is 22.3. The van der Waals surface area contributed by atoms with Crippen LogP contribution in [-0.4, -0.2) is 32.1 Å². The largest absolute Gasteiger partial charge is 0.485 e. The molecule has 20 heavy (non-hydrogen) atoms. The van der Waals surface area contributed by atoms with E-state index in [0.29, 0.717) is 0 Å². The highest BCUT2D eigenvalue weighted by molar-refractivity contribution is 4.60. The number of halogens is 12. The van der Waals surface area contributed by atoms with Gasteiger partial charge in [-0.05, 0) is 4.53 Å². The lowest BCUT2D eigenvalue weighted by molar-refractivity contribution is -0.453. The highest BCUT2D eigenvalue weighted by Crippen LogP contribution is 2.36. The molecule has 1 nitrogen and oxygen atoms in total. The zero-order chi connectivity index (χ0) is 15.6. The van der Waals surface area contributed by atoms with E-state index in [9.17, 15) is 52.8 Å². The topological polar surface area (TPSA) is 9.23 Å². The second kappa shape index (κ2) is 13.1. The van der Waals surface area contributed by atoms with Crippen molar-refractivity contribution in [3.8, 4) is 0 Å². The van der Waals surface area contributed by atoms with Crippen LogP contribution in [0.3, 0.4) is 0 Å². The van der Waals surface area contributed by atoms with E-state index in [1.165, 1.54) is 4.94 Å². The van der Waals surface area contributed by atoms with E-state index in [4.69, 9.17) is 0 Å². The molecule has 0 amide bonds. The van der Waals surface area contributed by atoms with Crippen LogP contribution in [0.25, 0.3) is 0 Å². The number of hydrogen-bond donors (Lipinski definition) is 0. The Morgan fingerprint density at radius 3 is 0.900 bits per heavy atom. The Bertz CT molecular complexity index is 185. The SMILES string of the molecule is C.C.FCC(F)(F)F.FCF.FOC(F)(F)C(F)(F)F. The van der Waals surface area contributed by atoms with Crippen LogP contribution in [-0.2, 0) is 4.94 Å². The molecular formula is C7H12F12O. The minimum atomic E-state index is -5.98. The highest BCUT2D eigenvalue weighted by Gasteiger charge is 2.61. The first-order valence-corrected chi connectivity index (χ1v) is 3.28. The maximum atomic E-state index is 10.9. The highest BCUT2D eigenvalue weighted by atomic mass is 19.4. The van der Waals surface area contributed by atoms with Gasteiger partial charge in [-0.1, -0.05) is 14.9 Å². The minimum absolute atomic E-state index is 0. The molecule has 0 fully saturated rings. The van der Waals surface area contributed by atoms with Crippen molar-refractivity contribution >= 4 is 0 Å².